The molecule has 0 aliphatic carbocycles. The number of hydrogen-bond donors (Lipinski definition) is 1. The monoisotopic (exact) mass is 283 g/mol. The number of nitrogens with one attached hydrogen (secondary N) is 1. The van der Waals surface area contributed by atoms with E-state index in [2.05, 4.69) is 35.6 Å². The molecule has 0 radical (unpaired) electrons. The van der Waals surface area contributed by atoms with Gasteiger partial charge in [-0.05, 0) is 30.2 Å². The quantitative estimate of drug-likeness (QED) is 0.914. The lowest BCUT2D eigenvalue weighted by molar-refractivity contribution is 0.0545. The molecule has 3 nitrogen and oxygen atoms in total. The van der Waals surface area contributed by atoms with Crippen molar-refractivity contribution < 1.29 is 9.47 Å². The van der Waals surface area contributed by atoms with Crippen LogP contribution < -0.4 is 10.1 Å². The van der Waals surface area contributed by atoms with Gasteiger partial charge in [0.25, 0.3) is 0 Å². The lowest BCUT2D eigenvalue weighted by Crippen LogP contribution is -2.16. The van der Waals surface area contributed by atoms with Gasteiger partial charge in [0.05, 0.1) is 19.8 Å². The van der Waals surface area contributed by atoms with Crippen molar-refractivity contribution in [3.63, 3.8) is 0 Å². The maximum atomic E-state index is 6.02. The Kier molecular flexibility index (Phi) is 4.53. The van der Waals surface area contributed by atoms with Crippen molar-refractivity contribution in [1.82, 2.24) is 5.32 Å². The Balaban J connectivity index is 1.84. The Hall–Kier alpha value is -1.84. The fraction of sp³-hybridized carbons (Fsp3) is 0.333. The summed E-state index contributed by atoms with van der Waals surface area (Å²) in [5, 5.41) is 3.33. The van der Waals surface area contributed by atoms with E-state index < -0.39 is 0 Å². The molecule has 3 rings (SSSR count). The number of rotatable bonds is 5. The Bertz CT molecular complexity index is 591. The molecule has 1 heterocycles. The highest BCUT2D eigenvalue weighted by Crippen LogP contribution is 2.32. The van der Waals surface area contributed by atoms with Crippen molar-refractivity contribution in [2.45, 2.75) is 19.1 Å². The Labute approximate surface area is 125 Å². The zero-order chi connectivity index (χ0) is 14.5. The van der Waals surface area contributed by atoms with Crippen molar-refractivity contribution in [3.05, 3.63) is 54.1 Å². The van der Waals surface area contributed by atoms with Gasteiger partial charge in [-0.3, -0.25) is 0 Å². The standard InChI is InChI=1S/C18H21NO2/c1-20-18-9-5-4-8-17(18)16-7-3-2-6-14(16)13-21-15-10-11-19-12-15/h2-9,15,19H,10-13H2,1H3. The van der Waals surface area contributed by atoms with Crippen molar-refractivity contribution in [1.29, 1.82) is 0 Å². The van der Waals surface area contributed by atoms with Gasteiger partial charge in [0.1, 0.15) is 5.75 Å². The van der Waals surface area contributed by atoms with E-state index in [1.807, 2.05) is 18.2 Å². The molecule has 0 amide bonds. The molecular formula is C18H21NO2. The third-order valence-electron chi connectivity index (χ3n) is 3.90. The van der Waals surface area contributed by atoms with E-state index >= 15 is 0 Å². The molecule has 1 atom stereocenters. The first-order chi connectivity index (χ1) is 10.4. The van der Waals surface area contributed by atoms with Gasteiger partial charge in [-0.15, -0.1) is 0 Å². The average Bonchev–Trinajstić information content (AvgIpc) is 3.06. The zero-order valence-corrected chi connectivity index (χ0v) is 12.3. The smallest absolute Gasteiger partial charge is 0.126 e. The van der Waals surface area contributed by atoms with Crippen molar-refractivity contribution in [2.24, 2.45) is 0 Å². The van der Waals surface area contributed by atoms with Crippen LogP contribution in [0.15, 0.2) is 48.5 Å². The molecule has 1 unspecified atom stereocenters. The molecule has 21 heavy (non-hydrogen) atoms. The molecule has 0 spiro atoms. The molecule has 110 valence electrons. The predicted octanol–water partition coefficient (Wildman–Crippen LogP) is 3.24. The van der Waals surface area contributed by atoms with Crippen LogP contribution in [0.25, 0.3) is 11.1 Å². The minimum atomic E-state index is 0.329. The van der Waals surface area contributed by atoms with Gasteiger partial charge in [0, 0.05) is 12.1 Å². The average molecular weight is 283 g/mol. The highest BCUT2D eigenvalue weighted by atomic mass is 16.5. The molecule has 0 bridgehead atoms. The van der Waals surface area contributed by atoms with Gasteiger partial charge in [-0.25, -0.2) is 0 Å². The van der Waals surface area contributed by atoms with Crippen molar-refractivity contribution >= 4 is 0 Å². The van der Waals surface area contributed by atoms with Crippen LogP contribution in [0.2, 0.25) is 0 Å². The summed E-state index contributed by atoms with van der Waals surface area (Å²) in [6.07, 6.45) is 1.42. The molecule has 1 saturated heterocycles. The van der Waals surface area contributed by atoms with Crippen LogP contribution in [0, 0.1) is 0 Å². The number of methoxy groups -OCH3 is 1. The molecule has 1 N–H and O–H groups in total. The van der Waals surface area contributed by atoms with Crippen molar-refractivity contribution in [2.75, 3.05) is 20.2 Å². The van der Waals surface area contributed by atoms with E-state index in [0.29, 0.717) is 12.7 Å². The number of ether oxygens (including phenoxy) is 2. The first-order valence-corrected chi connectivity index (χ1v) is 7.42. The van der Waals surface area contributed by atoms with Crippen LogP contribution in [0.1, 0.15) is 12.0 Å². The summed E-state index contributed by atoms with van der Waals surface area (Å²) in [6, 6.07) is 16.5. The summed E-state index contributed by atoms with van der Waals surface area (Å²) in [6.45, 7) is 2.65. The third-order valence-corrected chi connectivity index (χ3v) is 3.90. The first kappa shape index (κ1) is 14.1. The van der Waals surface area contributed by atoms with Crippen LogP contribution in [-0.4, -0.2) is 26.3 Å². The van der Waals surface area contributed by atoms with Crippen LogP contribution in [0.4, 0.5) is 0 Å². The van der Waals surface area contributed by atoms with E-state index in [-0.39, 0.29) is 0 Å². The Morgan fingerprint density at radius 1 is 1.05 bits per heavy atom. The van der Waals surface area contributed by atoms with Gasteiger partial charge in [0.15, 0.2) is 0 Å². The second-order valence-electron chi connectivity index (χ2n) is 5.28. The van der Waals surface area contributed by atoms with E-state index in [0.717, 1.165) is 30.8 Å². The molecule has 1 aliphatic rings. The number of para-hydroxylation sites is 1. The van der Waals surface area contributed by atoms with Gasteiger partial charge in [0.2, 0.25) is 0 Å². The number of hydrogen-bond acceptors (Lipinski definition) is 3. The Morgan fingerprint density at radius 3 is 2.57 bits per heavy atom. The fourth-order valence-corrected chi connectivity index (χ4v) is 2.75. The Morgan fingerprint density at radius 2 is 1.81 bits per heavy atom. The summed E-state index contributed by atoms with van der Waals surface area (Å²) in [4.78, 5) is 0. The van der Waals surface area contributed by atoms with E-state index in [1.165, 1.54) is 11.1 Å². The largest absolute Gasteiger partial charge is 0.496 e. The second kappa shape index (κ2) is 6.74. The fourth-order valence-electron chi connectivity index (χ4n) is 2.75. The SMILES string of the molecule is COc1ccccc1-c1ccccc1COC1CCNC1. The van der Waals surface area contributed by atoms with Gasteiger partial charge in [-0.2, -0.15) is 0 Å². The summed E-state index contributed by atoms with van der Waals surface area (Å²) in [5.74, 6) is 0.896. The molecule has 0 aromatic heterocycles. The van der Waals surface area contributed by atoms with E-state index in [4.69, 9.17) is 9.47 Å². The van der Waals surface area contributed by atoms with Gasteiger partial charge in [-0.1, -0.05) is 42.5 Å². The predicted molar refractivity (Wildman–Crippen MR) is 84.5 cm³/mol. The minimum Gasteiger partial charge on any atom is -0.496 e. The molecule has 3 heteroatoms. The number of benzene rings is 2. The summed E-state index contributed by atoms with van der Waals surface area (Å²) in [7, 11) is 1.71. The zero-order valence-electron chi connectivity index (χ0n) is 12.3. The van der Waals surface area contributed by atoms with Crippen molar-refractivity contribution in [3.8, 4) is 16.9 Å². The molecular weight excluding hydrogens is 262 g/mol. The highest BCUT2D eigenvalue weighted by Gasteiger charge is 2.16. The van der Waals surface area contributed by atoms with Gasteiger partial charge >= 0.3 is 0 Å². The molecule has 2 aromatic carbocycles. The molecule has 1 aliphatic heterocycles. The molecule has 1 fully saturated rings. The lowest BCUT2D eigenvalue weighted by atomic mass is 9.99. The minimum absolute atomic E-state index is 0.329. The molecule has 2 aromatic rings. The maximum absolute atomic E-state index is 6.02. The van der Waals surface area contributed by atoms with E-state index in [1.54, 1.807) is 7.11 Å². The van der Waals surface area contributed by atoms with Crippen LogP contribution in [0.3, 0.4) is 0 Å². The summed E-state index contributed by atoms with van der Waals surface area (Å²) >= 11 is 0. The summed E-state index contributed by atoms with van der Waals surface area (Å²) in [5.41, 5.74) is 3.50. The highest BCUT2D eigenvalue weighted by molar-refractivity contribution is 5.73. The second-order valence-corrected chi connectivity index (χ2v) is 5.28. The molecule has 0 saturated carbocycles. The first-order valence-electron chi connectivity index (χ1n) is 7.42. The normalized spacial score (nSPS) is 17.9. The van der Waals surface area contributed by atoms with Gasteiger partial charge < -0.3 is 14.8 Å². The van der Waals surface area contributed by atoms with E-state index in [9.17, 15) is 0 Å². The van der Waals surface area contributed by atoms with Crippen LogP contribution >= 0.6 is 0 Å². The summed E-state index contributed by atoms with van der Waals surface area (Å²) < 4.78 is 11.5. The topological polar surface area (TPSA) is 30.5 Å². The maximum Gasteiger partial charge on any atom is 0.126 e. The lowest BCUT2D eigenvalue weighted by Gasteiger charge is -2.15. The van der Waals surface area contributed by atoms with Crippen LogP contribution in [0.5, 0.6) is 5.75 Å². The third kappa shape index (κ3) is 3.26. The van der Waals surface area contributed by atoms with Crippen LogP contribution in [-0.2, 0) is 11.3 Å².